The summed E-state index contributed by atoms with van der Waals surface area (Å²) in [6.07, 6.45) is -0.329. The number of carbonyl (C=O) groups is 4. The van der Waals surface area contributed by atoms with Crippen LogP contribution in [0.2, 0.25) is 0 Å². The van der Waals surface area contributed by atoms with Crippen LogP contribution in [0.4, 0.5) is 4.79 Å². The van der Waals surface area contributed by atoms with E-state index in [1.165, 1.54) is 4.90 Å². The summed E-state index contributed by atoms with van der Waals surface area (Å²) in [5.74, 6) is -1.16. The molecule has 9 nitrogen and oxygen atoms in total. The fraction of sp³-hybridized carbons (Fsp3) is 0.667. The summed E-state index contributed by atoms with van der Waals surface area (Å²) in [6.45, 7) is 20.6. The third kappa shape index (κ3) is 11.7. The highest BCUT2D eigenvalue weighted by molar-refractivity contribution is 5.92. The van der Waals surface area contributed by atoms with Crippen molar-refractivity contribution in [2.45, 2.75) is 112 Å². The molecular formula is C30H49N3O6. The Balaban J connectivity index is 3.55. The molecule has 0 aliphatic heterocycles. The molecule has 0 aliphatic carbocycles. The van der Waals surface area contributed by atoms with Gasteiger partial charge in [0.05, 0.1) is 13.0 Å². The summed E-state index contributed by atoms with van der Waals surface area (Å²) in [6, 6.07) is 3.84. The number of esters is 1. The number of hydrogen-bond acceptors (Lipinski definition) is 6. The molecule has 0 spiro atoms. The molecule has 0 fully saturated rings. The minimum atomic E-state index is -1.01. The van der Waals surface area contributed by atoms with Gasteiger partial charge in [0, 0.05) is 12.1 Å². The van der Waals surface area contributed by atoms with Crippen LogP contribution in [-0.4, -0.2) is 59.1 Å². The smallest absolute Gasteiger partial charge is 0.408 e. The van der Waals surface area contributed by atoms with Gasteiger partial charge in [0.25, 0.3) is 0 Å². The Morgan fingerprint density at radius 3 is 1.97 bits per heavy atom. The predicted molar refractivity (Wildman–Crippen MR) is 152 cm³/mol. The van der Waals surface area contributed by atoms with Crippen molar-refractivity contribution in [2.24, 2.45) is 5.92 Å². The Kier molecular flexibility index (Phi) is 12.5. The second-order valence-corrected chi connectivity index (χ2v) is 12.4. The minimum Gasteiger partial charge on any atom is -0.466 e. The van der Waals surface area contributed by atoms with Crippen molar-refractivity contribution in [1.29, 1.82) is 0 Å². The molecule has 2 unspecified atom stereocenters. The maximum Gasteiger partial charge on any atom is 0.408 e. The zero-order valence-corrected chi connectivity index (χ0v) is 25.7. The maximum atomic E-state index is 14.3. The fourth-order valence-corrected chi connectivity index (χ4v) is 4.36. The quantitative estimate of drug-likeness (QED) is 0.378. The van der Waals surface area contributed by atoms with E-state index in [-0.39, 0.29) is 25.5 Å². The zero-order chi connectivity index (χ0) is 30.1. The number of benzene rings is 1. The molecule has 39 heavy (non-hydrogen) atoms. The Morgan fingerprint density at radius 2 is 1.51 bits per heavy atom. The van der Waals surface area contributed by atoms with Crippen molar-refractivity contribution in [3.8, 4) is 0 Å². The van der Waals surface area contributed by atoms with Gasteiger partial charge in [-0.3, -0.25) is 14.4 Å². The number of nitrogens with one attached hydrogen (secondary N) is 2. The van der Waals surface area contributed by atoms with Gasteiger partial charge in [-0.05, 0) is 80.2 Å². The van der Waals surface area contributed by atoms with Gasteiger partial charge in [-0.2, -0.15) is 0 Å². The standard InChI is InChI=1S/C30H49N3O6/c1-12-38-24(34)13-14-31-26(35)25(22-17-20(4)16-21(5)18-22)33(29(6,7)8)27(36)23(15-19(2)3)32-28(37)39-30(9,10)11/h16-19,23,25H,12-15H2,1-11H3,(H,31,35)(H,32,37). The normalized spacial score (nSPS) is 13.3. The first-order valence-corrected chi connectivity index (χ1v) is 13.7. The van der Waals surface area contributed by atoms with Gasteiger partial charge in [0.1, 0.15) is 17.7 Å². The molecule has 1 aromatic carbocycles. The average Bonchev–Trinajstić information content (AvgIpc) is 2.73. The number of rotatable bonds is 11. The highest BCUT2D eigenvalue weighted by Gasteiger charge is 2.42. The van der Waals surface area contributed by atoms with Crippen LogP contribution >= 0.6 is 0 Å². The molecule has 3 amide bonds. The maximum absolute atomic E-state index is 14.3. The van der Waals surface area contributed by atoms with E-state index >= 15 is 0 Å². The van der Waals surface area contributed by atoms with Crippen molar-refractivity contribution >= 4 is 23.9 Å². The van der Waals surface area contributed by atoms with E-state index in [9.17, 15) is 19.2 Å². The summed E-state index contributed by atoms with van der Waals surface area (Å²) in [5, 5.41) is 5.57. The highest BCUT2D eigenvalue weighted by atomic mass is 16.6. The Labute approximate surface area is 234 Å². The number of amides is 3. The second kappa shape index (κ2) is 14.3. The Morgan fingerprint density at radius 1 is 0.949 bits per heavy atom. The molecule has 2 N–H and O–H groups in total. The molecule has 0 bridgehead atoms. The Hall–Kier alpha value is -3.10. The van der Waals surface area contributed by atoms with E-state index in [0.717, 1.165) is 11.1 Å². The number of hydrogen-bond donors (Lipinski definition) is 2. The largest absolute Gasteiger partial charge is 0.466 e. The van der Waals surface area contributed by atoms with E-state index < -0.39 is 47.1 Å². The van der Waals surface area contributed by atoms with Crippen LogP contribution in [-0.2, 0) is 23.9 Å². The SMILES string of the molecule is CCOC(=O)CCNC(=O)C(c1cc(C)cc(C)c1)N(C(=O)C(CC(C)C)NC(=O)OC(C)(C)C)C(C)(C)C. The molecule has 0 saturated carbocycles. The molecule has 0 saturated heterocycles. The average molecular weight is 548 g/mol. The number of ether oxygens (including phenoxy) is 2. The molecule has 0 aliphatic rings. The molecule has 1 rings (SSSR count). The van der Waals surface area contributed by atoms with Crippen LogP contribution in [0.5, 0.6) is 0 Å². The monoisotopic (exact) mass is 547 g/mol. The van der Waals surface area contributed by atoms with Crippen LogP contribution in [0, 0.1) is 19.8 Å². The van der Waals surface area contributed by atoms with E-state index in [1.54, 1.807) is 27.7 Å². The lowest BCUT2D eigenvalue weighted by Gasteiger charge is -2.43. The third-order valence-electron chi connectivity index (χ3n) is 5.66. The fourth-order valence-electron chi connectivity index (χ4n) is 4.36. The van der Waals surface area contributed by atoms with Crippen molar-refractivity contribution in [2.75, 3.05) is 13.2 Å². The molecule has 9 heteroatoms. The molecule has 0 aromatic heterocycles. The van der Waals surface area contributed by atoms with E-state index in [2.05, 4.69) is 10.6 Å². The zero-order valence-electron chi connectivity index (χ0n) is 25.7. The van der Waals surface area contributed by atoms with Crippen molar-refractivity contribution in [1.82, 2.24) is 15.5 Å². The number of carbonyl (C=O) groups excluding carboxylic acids is 4. The van der Waals surface area contributed by atoms with Gasteiger partial charge in [-0.15, -0.1) is 0 Å². The lowest BCUT2D eigenvalue weighted by Crippen LogP contribution is -2.59. The lowest BCUT2D eigenvalue weighted by atomic mass is 9.92. The van der Waals surface area contributed by atoms with Gasteiger partial charge in [0.15, 0.2) is 0 Å². The van der Waals surface area contributed by atoms with Gasteiger partial charge in [0.2, 0.25) is 11.8 Å². The highest BCUT2D eigenvalue weighted by Crippen LogP contribution is 2.32. The van der Waals surface area contributed by atoms with Crippen LogP contribution in [0.1, 0.15) is 97.9 Å². The summed E-state index contributed by atoms with van der Waals surface area (Å²) in [4.78, 5) is 54.2. The first kappa shape index (κ1) is 33.9. The van der Waals surface area contributed by atoms with Gasteiger partial charge in [-0.25, -0.2) is 4.79 Å². The summed E-state index contributed by atoms with van der Waals surface area (Å²) >= 11 is 0. The number of aryl methyl sites for hydroxylation is 2. The summed E-state index contributed by atoms with van der Waals surface area (Å²) < 4.78 is 10.4. The van der Waals surface area contributed by atoms with Crippen LogP contribution in [0.15, 0.2) is 18.2 Å². The van der Waals surface area contributed by atoms with Gasteiger partial charge < -0.3 is 25.0 Å². The summed E-state index contributed by atoms with van der Waals surface area (Å²) in [5.41, 5.74) is 0.995. The molecule has 0 radical (unpaired) electrons. The van der Waals surface area contributed by atoms with Crippen LogP contribution in [0.3, 0.4) is 0 Å². The van der Waals surface area contributed by atoms with E-state index in [4.69, 9.17) is 9.47 Å². The predicted octanol–water partition coefficient (Wildman–Crippen LogP) is 4.98. The van der Waals surface area contributed by atoms with Crippen LogP contribution < -0.4 is 10.6 Å². The molecule has 220 valence electrons. The third-order valence-corrected chi connectivity index (χ3v) is 5.66. The van der Waals surface area contributed by atoms with Gasteiger partial charge >= 0.3 is 12.1 Å². The molecular weight excluding hydrogens is 498 g/mol. The van der Waals surface area contributed by atoms with Crippen molar-refractivity contribution in [3.63, 3.8) is 0 Å². The lowest BCUT2D eigenvalue weighted by molar-refractivity contribution is -0.149. The van der Waals surface area contributed by atoms with Gasteiger partial charge in [-0.1, -0.05) is 43.2 Å². The molecule has 2 atom stereocenters. The first-order valence-electron chi connectivity index (χ1n) is 13.7. The summed E-state index contributed by atoms with van der Waals surface area (Å²) in [7, 11) is 0. The molecule has 0 heterocycles. The first-order chi connectivity index (χ1) is 17.9. The molecule has 1 aromatic rings. The topological polar surface area (TPSA) is 114 Å². The number of nitrogens with zero attached hydrogens (tertiary/aromatic N) is 1. The van der Waals surface area contributed by atoms with E-state index in [0.29, 0.717) is 12.0 Å². The van der Waals surface area contributed by atoms with Crippen LogP contribution in [0.25, 0.3) is 0 Å². The second-order valence-electron chi connectivity index (χ2n) is 12.4. The minimum absolute atomic E-state index is 0.0127. The Bertz CT molecular complexity index is 987. The van der Waals surface area contributed by atoms with Crippen molar-refractivity contribution in [3.05, 3.63) is 34.9 Å². The van der Waals surface area contributed by atoms with E-state index in [1.807, 2.05) is 66.7 Å². The number of alkyl carbamates (subject to hydrolysis) is 1. The van der Waals surface area contributed by atoms with Crippen molar-refractivity contribution < 1.29 is 28.7 Å².